The molecule has 2 aliphatic rings. The highest BCUT2D eigenvalue weighted by Gasteiger charge is 2.51. The van der Waals surface area contributed by atoms with E-state index >= 15 is 0 Å². The first-order chi connectivity index (χ1) is 11.0. The number of carboxylic acids is 1. The number of fused-ring (bicyclic) bond motifs is 2. The molecule has 2 bridgehead atoms. The molecular formula is C17H18NO5-. The molecule has 0 unspecified atom stereocenters. The summed E-state index contributed by atoms with van der Waals surface area (Å²) in [5.74, 6) is -3.06. The van der Waals surface area contributed by atoms with E-state index in [1.807, 2.05) is 0 Å². The van der Waals surface area contributed by atoms with Gasteiger partial charge in [0.15, 0.2) is 0 Å². The van der Waals surface area contributed by atoms with Gasteiger partial charge in [-0.15, -0.1) is 0 Å². The lowest BCUT2D eigenvalue weighted by molar-refractivity contribution is -0.314. The number of carboxylic acid groups (broad SMARTS) is 1. The Balaban J connectivity index is 1.77. The summed E-state index contributed by atoms with van der Waals surface area (Å²) in [6.45, 7) is 0. The van der Waals surface area contributed by atoms with E-state index < -0.39 is 23.8 Å². The van der Waals surface area contributed by atoms with Gasteiger partial charge in [0.25, 0.3) is 0 Å². The summed E-state index contributed by atoms with van der Waals surface area (Å²) in [7, 11) is 1.29. The van der Waals surface area contributed by atoms with Crippen molar-refractivity contribution in [3.63, 3.8) is 0 Å². The number of amides is 1. The van der Waals surface area contributed by atoms with E-state index in [0.717, 1.165) is 19.3 Å². The number of anilines is 1. The zero-order chi connectivity index (χ0) is 16.6. The number of esters is 1. The Kier molecular flexibility index (Phi) is 4.07. The number of benzene rings is 1. The van der Waals surface area contributed by atoms with Crippen molar-refractivity contribution in [3.8, 4) is 0 Å². The summed E-state index contributed by atoms with van der Waals surface area (Å²) in [5, 5.41) is 14.1. The van der Waals surface area contributed by atoms with Crippen LogP contribution in [0.5, 0.6) is 0 Å². The molecule has 23 heavy (non-hydrogen) atoms. The van der Waals surface area contributed by atoms with E-state index in [0.29, 0.717) is 11.3 Å². The molecule has 0 spiro atoms. The molecule has 0 saturated heterocycles. The molecule has 3 rings (SSSR count). The van der Waals surface area contributed by atoms with Gasteiger partial charge in [0.05, 0.1) is 12.7 Å². The zero-order valence-electron chi connectivity index (χ0n) is 12.8. The van der Waals surface area contributed by atoms with Gasteiger partial charge in [0.1, 0.15) is 0 Å². The normalized spacial score (nSPS) is 28.4. The fourth-order valence-corrected chi connectivity index (χ4v) is 4.08. The maximum atomic E-state index is 12.6. The largest absolute Gasteiger partial charge is 0.550 e. The third-order valence-electron chi connectivity index (χ3n) is 5.04. The van der Waals surface area contributed by atoms with Gasteiger partial charge in [-0.05, 0) is 49.3 Å². The molecule has 1 aromatic carbocycles. The van der Waals surface area contributed by atoms with Crippen molar-refractivity contribution in [2.24, 2.45) is 23.7 Å². The van der Waals surface area contributed by atoms with Crippen LogP contribution in [0, 0.1) is 23.7 Å². The molecule has 0 radical (unpaired) electrons. The van der Waals surface area contributed by atoms with Gasteiger partial charge in [0.2, 0.25) is 5.91 Å². The highest BCUT2D eigenvalue weighted by molar-refractivity contribution is 5.97. The molecule has 4 atom stereocenters. The fraction of sp³-hybridized carbons (Fsp3) is 0.471. The second kappa shape index (κ2) is 6.02. The van der Waals surface area contributed by atoms with Gasteiger partial charge in [-0.2, -0.15) is 0 Å². The number of methoxy groups -OCH3 is 1. The van der Waals surface area contributed by atoms with Crippen molar-refractivity contribution in [1.29, 1.82) is 0 Å². The third-order valence-corrected chi connectivity index (χ3v) is 5.04. The van der Waals surface area contributed by atoms with Crippen molar-refractivity contribution in [2.45, 2.75) is 19.3 Å². The Hall–Kier alpha value is -2.37. The summed E-state index contributed by atoms with van der Waals surface area (Å²) >= 11 is 0. The number of hydrogen-bond acceptors (Lipinski definition) is 5. The number of hydrogen-bond donors (Lipinski definition) is 1. The second-order valence-corrected chi connectivity index (χ2v) is 6.27. The van der Waals surface area contributed by atoms with Crippen molar-refractivity contribution < 1.29 is 24.2 Å². The summed E-state index contributed by atoms with van der Waals surface area (Å²) in [6.07, 6.45) is 2.51. The van der Waals surface area contributed by atoms with Crippen LogP contribution in [0.1, 0.15) is 29.6 Å². The van der Waals surface area contributed by atoms with Crippen LogP contribution in [0.3, 0.4) is 0 Å². The number of aliphatic carboxylic acids is 1. The van der Waals surface area contributed by atoms with Crippen LogP contribution in [0.2, 0.25) is 0 Å². The number of rotatable bonds is 4. The molecule has 0 aliphatic heterocycles. The summed E-state index contributed by atoms with van der Waals surface area (Å²) in [5.41, 5.74) is 0.785. The van der Waals surface area contributed by atoms with Crippen LogP contribution < -0.4 is 10.4 Å². The lowest BCUT2D eigenvalue weighted by Crippen LogP contribution is -2.43. The maximum absolute atomic E-state index is 12.6. The monoisotopic (exact) mass is 316 g/mol. The Bertz CT molecular complexity index is 656. The van der Waals surface area contributed by atoms with Crippen molar-refractivity contribution in [2.75, 3.05) is 12.4 Å². The van der Waals surface area contributed by atoms with Gasteiger partial charge < -0.3 is 20.0 Å². The van der Waals surface area contributed by atoms with E-state index in [2.05, 4.69) is 10.1 Å². The van der Waals surface area contributed by atoms with E-state index in [9.17, 15) is 19.5 Å². The highest BCUT2D eigenvalue weighted by atomic mass is 16.5. The lowest BCUT2D eigenvalue weighted by Gasteiger charge is -2.30. The minimum Gasteiger partial charge on any atom is -0.550 e. The predicted octanol–water partition coefficient (Wildman–Crippen LogP) is 0.824. The Morgan fingerprint density at radius 2 is 1.87 bits per heavy atom. The summed E-state index contributed by atoms with van der Waals surface area (Å²) in [4.78, 5) is 35.5. The van der Waals surface area contributed by atoms with Gasteiger partial charge in [0, 0.05) is 23.5 Å². The van der Waals surface area contributed by atoms with Crippen LogP contribution in [0.4, 0.5) is 5.69 Å². The van der Waals surface area contributed by atoms with Crippen molar-refractivity contribution in [3.05, 3.63) is 29.8 Å². The molecule has 2 fully saturated rings. The Labute approximate surface area is 133 Å². The molecule has 1 N–H and O–H groups in total. The van der Waals surface area contributed by atoms with Gasteiger partial charge in [-0.1, -0.05) is 6.07 Å². The molecular weight excluding hydrogens is 298 g/mol. The molecule has 1 aromatic rings. The second-order valence-electron chi connectivity index (χ2n) is 6.27. The quantitative estimate of drug-likeness (QED) is 0.830. The van der Waals surface area contributed by atoms with Crippen LogP contribution in [0.25, 0.3) is 0 Å². The van der Waals surface area contributed by atoms with E-state index in [1.165, 1.54) is 13.2 Å². The van der Waals surface area contributed by atoms with E-state index in [4.69, 9.17) is 0 Å². The van der Waals surface area contributed by atoms with Crippen LogP contribution in [-0.2, 0) is 14.3 Å². The van der Waals surface area contributed by atoms with Crippen LogP contribution in [0.15, 0.2) is 24.3 Å². The van der Waals surface area contributed by atoms with Gasteiger partial charge >= 0.3 is 5.97 Å². The molecule has 0 heterocycles. The minimum absolute atomic E-state index is 0.0437. The molecule has 0 aromatic heterocycles. The zero-order valence-corrected chi connectivity index (χ0v) is 12.8. The summed E-state index contributed by atoms with van der Waals surface area (Å²) in [6, 6.07) is 6.40. The van der Waals surface area contributed by atoms with E-state index in [-0.39, 0.29) is 17.7 Å². The highest BCUT2D eigenvalue weighted by Crippen LogP contribution is 2.52. The maximum Gasteiger partial charge on any atom is 0.337 e. The SMILES string of the molecule is COC(=O)c1cccc(NC(=O)[C@@H]2[C@@H]3CC[C@@H](C3)[C@@H]2C(=O)[O-])c1. The number of nitrogens with one attached hydrogen (secondary N) is 1. The summed E-state index contributed by atoms with van der Waals surface area (Å²) < 4.78 is 4.65. The molecule has 2 saturated carbocycles. The Morgan fingerprint density at radius 1 is 1.17 bits per heavy atom. The first-order valence-corrected chi connectivity index (χ1v) is 7.71. The smallest absolute Gasteiger partial charge is 0.337 e. The number of carbonyl (C=O) groups is 3. The van der Waals surface area contributed by atoms with Crippen molar-refractivity contribution in [1.82, 2.24) is 0 Å². The van der Waals surface area contributed by atoms with E-state index in [1.54, 1.807) is 18.2 Å². The molecule has 122 valence electrons. The average molecular weight is 316 g/mol. The van der Waals surface area contributed by atoms with Crippen LogP contribution in [-0.4, -0.2) is 25.0 Å². The first-order valence-electron chi connectivity index (χ1n) is 7.71. The molecule has 6 nitrogen and oxygen atoms in total. The minimum atomic E-state index is -1.14. The standard InChI is InChI=1S/C17H19NO5/c1-23-17(22)11-3-2-4-12(8-11)18-15(19)13-9-5-6-10(7-9)14(13)16(20)21/h2-4,8-10,13-14H,5-7H2,1H3,(H,18,19)(H,20,21)/p-1/t9-,10+,13-,14+/m1/s1. The number of carbonyl (C=O) groups excluding carboxylic acids is 3. The van der Waals surface area contributed by atoms with Crippen molar-refractivity contribution >= 4 is 23.5 Å². The predicted molar refractivity (Wildman–Crippen MR) is 79.2 cm³/mol. The average Bonchev–Trinajstić information content (AvgIpc) is 3.15. The fourth-order valence-electron chi connectivity index (χ4n) is 4.08. The van der Waals surface area contributed by atoms with Crippen LogP contribution >= 0.6 is 0 Å². The molecule has 6 heteroatoms. The number of ether oxygens (including phenoxy) is 1. The molecule has 2 aliphatic carbocycles. The lowest BCUT2D eigenvalue weighted by atomic mass is 9.78. The van der Waals surface area contributed by atoms with Gasteiger partial charge in [-0.3, -0.25) is 4.79 Å². The Morgan fingerprint density at radius 3 is 2.52 bits per heavy atom. The van der Waals surface area contributed by atoms with Gasteiger partial charge in [-0.25, -0.2) is 4.79 Å². The first kappa shape index (κ1) is 15.5. The third kappa shape index (κ3) is 2.81. The topological polar surface area (TPSA) is 95.5 Å². The molecule has 1 amide bonds.